The molecule has 1 aromatic heterocycles. The second-order valence-electron chi connectivity index (χ2n) is 6.13. The van der Waals surface area contributed by atoms with E-state index in [0.717, 1.165) is 35.3 Å². The molecule has 5 nitrogen and oxygen atoms in total. The zero-order valence-electron chi connectivity index (χ0n) is 15.2. The van der Waals surface area contributed by atoms with Crippen LogP contribution in [-0.4, -0.2) is 21.6 Å². The number of hydrogen-bond acceptors (Lipinski definition) is 4. The number of hydrogen-bond donors (Lipinski definition) is 2. The standard InChI is InChI=1S/C19H25N3O2S/c1-5-13-8-7-9-14(6-2)18(13)21-17(24)11-25-19-20-15(12(3)4)10-16(23)22-19/h7-10,12H,5-6,11H2,1-4H3,(H,21,24)(H,20,22,23). The van der Waals surface area contributed by atoms with E-state index in [9.17, 15) is 9.59 Å². The summed E-state index contributed by atoms with van der Waals surface area (Å²) in [4.78, 5) is 31.2. The molecule has 0 atom stereocenters. The van der Waals surface area contributed by atoms with Gasteiger partial charge in [0.1, 0.15) is 0 Å². The number of carbonyl (C=O) groups excluding carboxylic acids is 1. The van der Waals surface area contributed by atoms with E-state index in [1.165, 1.54) is 17.8 Å². The molecule has 2 rings (SSSR count). The van der Waals surface area contributed by atoms with Gasteiger partial charge < -0.3 is 10.3 Å². The average Bonchev–Trinajstić information content (AvgIpc) is 2.59. The van der Waals surface area contributed by atoms with Crippen molar-refractivity contribution >= 4 is 23.4 Å². The SMILES string of the molecule is CCc1cccc(CC)c1NC(=O)CSc1nc(C(C)C)cc(=O)[nH]1. The third kappa shape index (κ3) is 5.19. The summed E-state index contributed by atoms with van der Waals surface area (Å²) in [6, 6.07) is 7.59. The highest BCUT2D eigenvalue weighted by Gasteiger charge is 2.12. The summed E-state index contributed by atoms with van der Waals surface area (Å²) in [6.07, 6.45) is 1.73. The molecule has 2 aromatic rings. The number of carbonyl (C=O) groups is 1. The van der Waals surface area contributed by atoms with Crippen LogP contribution in [0.1, 0.15) is 50.4 Å². The quantitative estimate of drug-likeness (QED) is 0.583. The van der Waals surface area contributed by atoms with Crippen molar-refractivity contribution in [2.24, 2.45) is 0 Å². The van der Waals surface area contributed by atoms with Crippen molar-refractivity contribution in [3.8, 4) is 0 Å². The van der Waals surface area contributed by atoms with Gasteiger partial charge in [-0.15, -0.1) is 0 Å². The number of H-pyrrole nitrogens is 1. The molecule has 0 saturated heterocycles. The summed E-state index contributed by atoms with van der Waals surface area (Å²) in [7, 11) is 0. The number of amides is 1. The molecule has 6 heteroatoms. The van der Waals surface area contributed by atoms with Crippen LogP contribution in [0.5, 0.6) is 0 Å². The Morgan fingerprint density at radius 1 is 1.24 bits per heavy atom. The van der Waals surface area contributed by atoms with Gasteiger partial charge in [0, 0.05) is 11.8 Å². The Labute approximate surface area is 152 Å². The maximum Gasteiger partial charge on any atom is 0.251 e. The van der Waals surface area contributed by atoms with Crippen LogP contribution in [0.2, 0.25) is 0 Å². The molecule has 25 heavy (non-hydrogen) atoms. The minimum atomic E-state index is -0.189. The molecular formula is C19H25N3O2S. The van der Waals surface area contributed by atoms with E-state index < -0.39 is 0 Å². The molecule has 1 aromatic carbocycles. The lowest BCUT2D eigenvalue weighted by atomic mass is 10.0. The molecule has 0 aliphatic carbocycles. The van der Waals surface area contributed by atoms with Gasteiger partial charge in [0.05, 0.1) is 11.4 Å². The van der Waals surface area contributed by atoms with Gasteiger partial charge in [0.25, 0.3) is 5.56 Å². The minimum absolute atomic E-state index is 0.0989. The predicted octanol–water partition coefficient (Wildman–Crippen LogP) is 3.75. The van der Waals surface area contributed by atoms with Crippen LogP contribution in [-0.2, 0) is 17.6 Å². The zero-order chi connectivity index (χ0) is 18.4. The van der Waals surface area contributed by atoms with E-state index in [2.05, 4.69) is 29.1 Å². The first kappa shape index (κ1) is 19.2. The van der Waals surface area contributed by atoms with Crippen molar-refractivity contribution in [3.63, 3.8) is 0 Å². The van der Waals surface area contributed by atoms with Crippen molar-refractivity contribution in [1.29, 1.82) is 0 Å². The van der Waals surface area contributed by atoms with Crippen molar-refractivity contribution in [2.75, 3.05) is 11.1 Å². The van der Waals surface area contributed by atoms with Gasteiger partial charge in [0.2, 0.25) is 5.91 Å². The van der Waals surface area contributed by atoms with Gasteiger partial charge in [-0.1, -0.05) is 57.7 Å². The molecule has 0 saturated carbocycles. The lowest BCUT2D eigenvalue weighted by Crippen LogP contribution is -2.18. The highest BCUT2D eigenvalue weighted by Crippen LogP contribution is 2.23. The maximum absolute atomic E-state index is 12.4. The Hall–Kier alpha value is -2.08. The average molecular weight is 359 g/mol. The molecule has 134 valence electrons. The van der Waals surface area contributed by atoms with Crippen molar-refractivity contribution in [1.82, 2.24) is 9.97 Å². The van der Waals surface area contributed by atoms with Crippen LogP contribution in [0, 0.1) is 0 Å². The number of thioether (sulfide) groups is 1. The van der Waals surface area contributed by atoms with Crippen LogP contribution in [0.25, 0.3) is 0 Å². The van der Waals surface area contributed by atoms with Gasteiger partial charge in [0.15, 0.2) is 5.16 Å². The van der Waals surface area contributed by atoms with Crippen LogP contribution in [0.4, 0.5) is 5.69 Å². The van der Waals surface area contributed by atoms with Crippen LogP contribution < -0.4 is 10.9 Å². The van der Waals surface area contributed by atoms with Crippen LogP contribution in [0.3, 0.4) is 0 Å². The van der Waals surface area contributed by atoms with Gasteiger partial charge >= 0.3 is 0 Å². The molecule has 0 unspecified atom stereocenters. The molecule has 0 fully saturated rings. The number of rotatable bonds is 7. The smallest absolute Gasteiger partial charge is 0.251 e. The van der Waals surface area contributed by atoms with Crippen LogP contribution in [0.15, 0.2) is 34.2 Å². The number of benzene rings is 1. The summed E-state index contributed by atoms with van der Waals surface area (Å²) in [6.45, 7) is 8.12. The van der Waals surface area contributed by atoms with Crippen molar-refractivity contribution < 1.29 is 4.79 Å². The molecule has 0 spiro atoms. The normalized spacial score (nSPS) is 10.9. The molecule has 0 bridgehead atoms. The fourth-order valence-corrected chi connectivity index (χ4v) is 3.21. The number of aromatic nitrogens is 2. The summed E-state index contributed by atoms with van der Waals surface area (Å²) < 4.78 is 0. The molecule has 1 amide bonds. The Balaban J connectivity index is 2.08. The van der Waals surface area contributed by atoms with Crippen LogP contribution >= 0.6 is 11.8 Å². The minimum Gasteiger partial charge on any atom is -0.325 e. The van der Waals surface area contributed by atoms with E-state index in [4.69, 9.17) is 0 Å². The monoisotopic (exact) mass is 359 g/mol. The Kier molecular flexibility index (Phi) is 6.82. The third-order valence-corrected chi connectivity index (χ3v) is 4.81. The fraction of sp³-hybridized carbons (Fsp3) is 0.421. The number of nitrogens with one attached hydrogen (secondary N) is 2. The van der Waals surface area contributed by atoms with E-state index in [-0.39, 0.29) is 23.1 Å². The van der Waals surface area contributed by atoms with E-state index in [0.29, 0.717) is 5.16 Å². The first-order chi connectivity index (χ1) is 11.9. The van der Waals surface area contributed by atoms with Crippen molar-refractivity contribution in [3.05, 3.63) is 51.4 Å². The number of para-hydroxylation sites is 1. The second kappa shape index (κ2) is 8.85. The highest BCUT2D eigenvalue weighted by atomic mass is 32.2. The van der Waals surface area contributed by atoms with E-state index in [1.807, 2.05) is 32.0 Å². The highest BCUT2D eigenvalue weighted by molar-refractivity contribution is 7.99. The first-order valence-electron chi connectivity index (χ1n) is 8.59. The summed E-state index contributed by atoms with van der Waals surface area (Å²) in [5, 5.41) is 3.50. The third-order valence-electron chi connectivity index (χ3n) is 3.93. The topological polar surface area (TPSA) is 74.8 Å². The molecule has 1 heterocycles. The van der Waals surface area contributed by atoms with E-state index in [1.54, 1.807) is 0 Å². The van der Waals surface area contributed by atoms with Crippen molar-refractivity contribution in [2.45, 2.75) is 51.6 Å². The largest absolute Gasteiger partial charge is 0.325 e. The zero-order valence-corrected chi connectivity index (χ0v) is 16.0. The lowest BCUT2D eigenvalue weighted by Gasteiger charge is -2.14. The second-order valence-corrected chi connectivity index (χ2v) is 7.09. The molecule has 0 aliphatic heterocycles. The number of nitrogens with zero attached hydrogens (tertiary/aromatic N) is 1. The maximum atomic E-state index is 12.4. The summed E-state index contributed by atoms with van der Waals surface area (Å²) >= 11 is 1.24. The Bertz CT molecular complexity index is 777. The lowest BCUT2D eigenvalue weighted by molar-refractivity contribution is -0.113. The number of anilines is 1. The van der Waals surface area contributed by atoms with E-state index >= 15 is 0 Å². The Morgan fingerprint density at radius 3 is 2.44 bits per heavy atom. The summed E-state index contributed by atoms with van der Waals surface area (Å²) in [5.41, 5.74) is 3.72. The predicted molar refractivity (Wildman–Crippen MR) is 103 cm³/mol. The number of aryl methyl sites for hydroxylation is 2. The molecule has 2 N–H and O–H groups in total. The van der Waals surface area contributed by atoms with Gasteiger partial charge in [-0.3, -0.25) is 9.59 Å². The van der Waals surface area contributed by atoms with Gasteiger partial charge in [-0.25, -0.2) is 4.98 Å². The fourth-order valence-electron chi connectivity index (χ4n) is 2.53. The Morgan fingerprint density at radius 2 is 1.88 bits per heavy atom. The number of aromatic amines is 1. The molecule has 0 aliphatic rings. The summed E-state index contributed by atoms with van der Waals surface area (Å²) in [5.74, 6) is 0.267. The first-order valence-corrected chi connectivity index (χ1v) is 9.57. The molecular weight excluding hydrogens is 334 g/mol. The van der Waals surface area contributed by atoms with Gasteiger partial charge in [-0.05, 0) is 29.9 Å². The molecule has 0 radical (unpaired) electrons. The van der Waals surface area contributed by atoms with Gasteiger partial charge in [-0.2, -0.15) is 0 Å².